The molecule has 58 valence electrons. The molecule has 3 N–H and O–H groups in total. The smallest absolute Gasteiger partial charge is 0.267 e. The van der Waals surface area contributed by atoms with Gasteiger partial charge in [-0.15, -0.1) is 0 Å². The lowest BCUT2D eigenvalue weighted by Crippen LogP contribution is -2.26. The van der Waals surface area contributed by atoms with Crippen molar-refractivity contribution in [1.82, 2.24) is 0 Å². The van der Waals surface area contributed by atoms with Gasteiger partial charge in [-0.1, -0.05) is 0 Å². The predicted octanol–water partition coefficient (Wildman–Crippen LogP) is -1.63. The van der Waals surface area contributed by atoms with Crippen LogP contribution in [0.25, 0.3) is 0 Å². The first kappa shape index (κ1) is 7.62. The Kier molecular flexibility index (Phi) is 1.82. The molecule has 1 unspecified atom stereocenters. The molecule has 1 aliphatic rings. The fraction of sp³-hybridized carbons (Fsp3) is 0.167. The van der Waals surface area contributed by atoms with Crippen LogP contribution in [-0.2, 0) is 9.59 Å². The standard InChI is InChI=1S/C6H6N2O3/c7-6(11)3-1-4(9)5(10)2-8-3/h1-2,5,10H,(H2,7,11). The molecule has 11 heavy (non-hydrogen) atoms. The topological polar surface area (TPSA) is 92.8 Å². The molecule has 1 rings (SSSR count). The number of ketones is 1. The zero-order chi connectivity index (χ0) is 8.43. The number of aliphatic hydroxyl groups is 1. The molecule has 0 radical (unpaired) electrons. The fourth-order valence-corrected chi connectivity index (χ4v) is 0.617. The average Bonchev–Trinajstić information content (AvgIpc) is 1.94. The second kappa shape index (κ2) is 2.63. The van der Waals surface area contributed by atoms with Crippen molar-refractivity contribution in [1.29, 1.82) is 0 Å². The molecule has 0 aromatic carbocycles. The monoisotopic (exact) mass is 154 g/mol. The first-order chi connectivity index (χ1) is 5.11. The van der Waals surface area contributed by atoms with E-state index in [0.717, 1.165) is 12.3 Å². The Morgan fingerprint density at radius 2 is 2.36 bits per heavy atom. The van der Waals surface area contributed by atoms with Crippen LogP contribution < -0.4 is 5.73 Å². The minimum atomic E-state index is -1.24. The molecule has 1 amide bonds. The predicted molar refractivity (Wildman–Crippen MR) is 36.8 cm³/mol. The normalized spacial score (nSPS) is 23.2. The molecule has 1 heterocycles. The van der Waals surface area contributed by atoms with Gasteiger partial charge in [0.2, 0.25) is 0 Å². The Morgan fingerprint density at radius 3 is 2.82 bits per heavy atom. The van der Waals surface area contributed by atoms with Crippen LogP contribution in [0, 0.1) is 0 Å². The van der Waals surface area contributed by atoms with Crippen LogP contribution in [0.2, 0.25) is 0 Å². The Morgan fingerprint density at radius 1 is 1.73 bits per heavy atom. The van der Waals surface area contributed by atoms with E-state index in [-0.39, 0.29) is 5.70 Å². The molecular weight excluding hydrogens is 148 g/mol. The van der Waals surface area contributed by atoms with Gasteiger partial charge in [0.1, 0.15) is 5.70 Å². The molecule has 0 spiro atoms. The zero-order valence-electron chi connectivity index (χ0n) is 5.52. The van der Waals surface area contributed by atoms with Gasteiger partial charge in [-0.05, 0) is 0 Å². The average molecular weight is 154 g/mol. The van der Waals surface area contributed by atoms with E-state index in [2.05, 4.69) is 4.99 Å². The molecule has 1 atom stereocenters. The number of hydrogen-bond donors (Lipinski definition) is 2. The first-order valence-electron chi connectivity index (χ1n) is 2.89. The van der Waals surface area contributed by atoms with Gasteiger partial charge in [0.15, 0.2) is 11.9 Å². The number of carbonyl (C=O) groups excluding carboxylic acids is 2. The van der Waals surface area contributed by atoms with Crippen molar-refractivity contribution in [3.63, 3.8) is 0 Å². The lowest BCUT2D eigenvalue weighted by atomic mass is 10.1. The van der Waals surface area contributed by atoms with E-state index >= 15 is 0 Å². The molecule has 0 aliphatic carbocycles. The van der Waals surface area contributed by atoms with E-state index in [0.29, 0.717) is 0 Å². The molecule has 0 saturated carbocycles. The van der Waals surface area contributed by atoms with Crippen LogP contribution in [0.1, 0.15) is 0 Å². The van der Waals surface area contributed by atoms with Gasteiger partial charge >= 0.3 is 0 Å². The van der Waals surface area contributed by atoms with Gasteiger partial charge in [0.25, 0.3) is 5.91 Å². The van der Waals surface area contributed by atoms with Crippen molar-refractivity contribution in [3.05, 3.63) is 11.8 Å². The Hall–Kier alpha value is -1.49. The quantitative estimate of drug-likeness (QED) is 0.474. The van der Waals surface area contributed by atoms with E-state index in [4.69, 9.17) is 10.8 Å². The van der Waals surface area contributed by atoms with Gasteiger partial charge in [0, 0.05) is 12.3 Å². The molecular formula is C6H6N2O3. The summed E-state index contributed by atoms with van der Waals surface area (Å²) >= 11 is 0. The molecule has 5 heteroatoms. The fourth-order valence-electron chi connectivity index (χ4n) is 0.617. The summed E-state index contributed by atoms with van der Waals surface area (Å²) in [5.74, 6) is -1.35. The maximum Gasteiger partial charge on any atom is 0.267 e. The van der Waals surface area contributed by atoms with Gasteiger partial charge in [-0.2, -0.15) is 0 Å². The van der Waals surface area contributed by atoms with E-state index in [1.165, 1.54) is 0 Å². The number of amides is 1. The number of rotatable bonds is 1. The van der Waals surface area contributed by atoms with Gasteiger partial charge in [0.05, 0.1) is 0 Å². The van der Waals surface area contributed by atoms with Crippen molar-refractivity contribution >= 4 is 17.9 Å². The summed E-state index contributed by atoms with van der Waals surface area (Å²) in [6, 6.07) is 0. The van der Waals surface area contributed by atoms with E-state index in [1.54, 1.807) is 0 Å². The van der Waals surface area contributed by atoms with Crippen LogP contribution in [0.3, 0.4) is 0 Å². The Labute approximate surface area is 62.2 Å². The molecule has 0 saturated heterocycles. The highest BCUT2D eigenvalue weighted by Gasteiger charge is 2.17. The minimum absolute atomic E-state index is 0.125. The van der Waals surface area contributed by atoms with Gasteiger partial charge in [-0.25, -0.2) is 0 Å². The van der Waals surface area contributed by atoms with Crippen LogP contribution in [0.5, 0.6) is 0 Å². The third-order valence-corrected chi connectivity index (χ3v) is 1.18. The highest BCUT2D eigenvalue weighted by atomic mass is 16.3. The van der Waals surface area contributed by atoms with E-state index in [1.807, 2.05) is 0 Å². The summed E-state index contributed by atoms with van der Waals surface area (Å²) in [7, 11) is 0. The summed E-state index contributed by atoms with van der Waals surface area (Å²) < 4.78 is 0. The summed E-state index contributed by atoms with van der Waals surface area (Å²) in [6.45, 7) is 0. The third kappa shape index (κ3) is 1.50. The maximum atomic E-state index is 10.7. The summed E-state index contributed by atoms with van der Waals surface area (Å²) in [6.07, 6.45) is 0.660. The third-order valence-electron chi connectivity index (χ3n) is 1.18. The van der Waals surface area contributed by atoms with E-state index < -0.39 is 17.8 Å². The van der Waals surface area contributed by atoms with Crippen LogP contribution in [0.4, 0.5) is 0 Å². The van der Waals surface area contributed by atoms with Crippen molar-refractivity contribution in [2.45, 2.75) is 6.10 Å². The first-order valence-corrected chi connectivity index (χ1v) is 2.89. The number of nitrogens with two attached hydrogens (primary N) is 1. The molecule has 0 aromatic rings. The maximum absolute atomic E-state index is 10.7. The van der Waals surface area contributed by atoms with Gasteiger partial charge in [-0.3, -0.25) is 14.6 Å². The van der Waals surface area contributed by atoms with Crippen LogP contribution in [0.15, 0.2) is 16.8 Å². The zero-order valence-corrected chi connectivity index (χ0v) is 5.52. The highest BCUT2D eigenvalue weighted by molar-refractivity contribution is 6.12. The van der Waals surface area contributed by atoms with Crippen molar-refractivity contribution in [2.75, 3.05) is 0 Å². The van der Waals surface area contributed by atoms with E-state index in [9.17, 15) is 9.59 Å². The van der Waals surface area contributed by atoms with Crippen molar-refractivity contribution in [3.8, 4) is 0 Å². The van der Waals surface area contributed by atoms with Crippen LogP contribution in [-0.4, -0.2) is 29.1 Å². The van der Waals surface area contributed by atoms with Gasteiger partial charge < -0.3 is 10.8 Å². The van der Waals surface area contributed by atoms with Crippen molar-refractivity contribution in [2.24, 2.45) is 10.7 Å². The second-order valence-electron chi connectivity index (χ2n) is 2.02. The molecule has 0 bridgehead atoms. The second-order valence-corrected chi connectivity index (χ2v) is 2.02. The summed E-state index contributed by atoms with van der Waals surface area (Å²) in [5.41, 5.74) is 4.70. The molecule has 0 aromatic heterocycles. The molecule has 5 nitrogen and oxygen atoms in total. The highest BCUT2D eigenvalue weighted by Crippen LogP contribution is 2.02. The summed E-state index contributed by atoms with van der Waals surface area (Å²) in [5, 5.41) is 8.78. The number of hydrogen-bond acceptors (Lipinski definition) is 4. The largest absolute Gasteiger partial charge is 0.379 e. The number of aliphatic imine (C=N–C) groups is 1. The lowest BCUT2D eigenvalue weighted by molar-refractivity contribution is -0.120. The number of primary amides is 1. The SMILES string of the molecule is NC(=O)C1=CC(=O)C(O)C=N1. The van der Waals surface area contributed by atoms with Crippen LogP contribution >= 0.6 is 0 Å². The number of aliphatic hydroxyl groups excluding tert-OH is 1. The number of carbonyl (C=O) groups is 2. The Balaban J connectivity index is 2.89. The lowest BCUT2D eigenvalue weighted by Gasteiger charge is -2.05. The summed E-state index contributed by atoms with van der Waals surface area (Å²) in [4.78, 5) is 24.5. The minimum Gasteiger partial charge on any atom is -0.379 e. The Bertz CT molecular complexity index is 267. The molecule has 1 aliphatic heterocycles. The number of nitrogens with zero attached hydrogens (tertiary/aromatic N) is 1. The van der Waals surface area contributed by atoms with Crippen molar-refractivity contribution < 1.29 is 14.7 Å². The molecule has 0 fully saturated rings.